The van der Waals surface area contributed by atoms with Gasteiger partial charge in [0.1, 0.15) is 16.8 Å². The first-order chi connectivity index (χ1) is 32.3. The standard InChI is InChI=1S/C19H8F7NO4.C18H15OP.C15H15OP.Eu/c20-17(21,18(22,23)19(24,25)26)15(29)12-14(28)8-4-3-7-11-13(8)27(16(12)30)9-5-1-2-6-10(9)31-11;19-20(16-10-4-1-5-11-16,17-12-6-2-7-13-17)18-14-8-3-9-15-18;1-13(2)17(16,14-9-5-3-6-10-14)15-11-7-4-8-12-15;/h1-7,28H;1-15H;3-12H,1H2,2H3;. The molecular formula is C52H38EuF7NO6P2. The van der Waals surface area contributed by atoms with Crippen molar-refractivity contribution < 1.29 is 104 Å². The van der Waals surface area contributed by atoms with Crippen LogP contribution in [0.3, 0.4) is 0 Å². The number of ether oxygens (including phenoxy) is 1. The van der Waals surface area contributed by atoms with E-state index in [0.717, 1.165) is 37.9 Å². The summed E-state index contributed by atoms with van der Waals surface area (Å²) in [7, 11) is -5.47. The number of fused-ring (bicyclic) bond motifs is 2. The van der Waals surface area contributed by atoms with Crippen molar-refractivity contribution in [3.8, 4) is 22.9 Å². The summed E-state index contributed by atoms with van der Waals surface area (Å²) in [6.07, 6.45) is -6.79. The van der Waals surface area contributed by atoms with E-state index in [1.807, 2.05) is 159 Å². The summed E-state index contributed by atoms with van der Waals surface area (Å²) in [5.74, 6) is -17.8. The number of nitrogens with zero attached hydrogens (tertiary/aromatic N) is 1. The van der Waals surface area contributed by atoms with Crippen molar-refractivity contribution >= 4 is 57.5 Å². The average molecular weight is 1120 g/mol. The van der Waals surface area contributed by atoms with Crippen LogP contribution < -0.4 is 36.8 Å². The van der Waals surface area contributed by atoms with Crippen LogP contribution in [0.2, 0.25) is 0 Å². The number of ketones is 1. The molecule has 9 rings (SSSR count). The fourth-order valence-electron chi connectivity index (χ4n) is 7.46. The smallest absolute Gasteiger partial charge is 0.460 e. The van der Waals surface area contributed by atoms with E-state index in [-0.39, 0.29) is 72.1 Å². The second kappa shape index (κ2) is 21.1. The molecule has 353 valence electrons. The molecule has 0 bridgehead atoms. The van der Waals surface area contributed by atoms with Gasteiger partial charge in [0.05, 0.1) is 5.69 Å². The third kappa shape index (κ3) is 9.90. The molecule has 1 aliphatic rings. The summed E-state index contributed by atoms with van der Waals surface area (Å²) in [5.41, 5.74) is -3.91. The first kappa shape index (κ1) is 52.7. The second-order valence-electron chi connectivity index (χ2n) is 15.2. The Balaban J connectivity index is 0.000000179. The summed E-state index contributed by atoms with van der Waals surface area (Å²) in [5, 5.41) is 14.9. The second-order valence-corrected chi connectivity index (χ2v) is 21.0. The quantitative estimate of drug-likeness (QED) is 0.0877. The van der Waals surface area contributed by atoms with Gasteiger partial charge in [-0.15, -0.1) is 0 Å². The summed E-state index contributed by atoms with van der Waals surface area (Å²) in [6.45, 7) is 5.75. The van der Waals surface area contributed by atoms with Gasteiger partial charge in [-0.25, -0.2) is 0 Å². The van der Waals surface area contributed by atoms with Gasteiger partial charge in [-0.3, -0.25) is 14.2 Å². The number of hydrogen-bond acceptors (Lipinski definition) is 6. The Hall–Kier alpha value is -5.69. The molecule has 0 aliphatic carbocycles. The van der Waals surface area contributed by atoms with Gasteiger partial charge in [0.15, 0.2) is 25.8 Å². The van der Waals surface area contributed by atoms with Crippen molar-refractivity contribution in [1.29, 1.82) is 0 Å². The van der Waals surface area contributed by atoms with Crippen LogP contribution in [0.5, 0.6) is 17.2 Å². The fourth-order valence-corrected chi connectivity index (χ4v) is 12.5. The van der Waals surface area contributed by atoms with Gasteiger partial charge in [0, 0.05) is 81.3 Å². The van der Waals surface area contributed by atoms with Crippen molar-refractivity contribution in [2.75, 3.05) is 0 Å². The normalized spacial score (nSPS) is 12.1. The first-order valence-corrected chi connectivity index (χ1v) is 23.9. The van der Waals surface area contributed by atoms with Gasteiger partial charge in [0.25, 0.3) is 5.56 Å². The van der Waals surface area contributed by atoms with Crippen LogP contribution in [-0.2, 0) is 9.13 Å². The van der Waals surface area contributed by atoms with E-state index < -0.39 is 60.3 Å². The number of aromatic nitrogens is 1. The Bertz CT molecular complexity index is 3140. The molecule has 0 saturated carbocycles. The number of Topliss-reactive ketones (excluding diaryl/α,β-unsaturated/α-hetero) is 1. The molecule has 69 heavy (non-hydrogen) atoms. The van der Waals surface area contributed by atoms with Crippen LogP contribution in [0, 0.1) is 49.4 Å². The summed E-state index contributed by atoms with van der Waals surface area (Å²) < 4.78 is 126. The van der Waals surface area contributed by atoms with Crippen molar-refractivity contribution in [1.82, 2.24) is 4.57 Å². The molecule has 0 atom stereocenters. The van der Waals surface area contributed by atoms with Crippen molar-refractivity contribution in [3.63, 3.8) is 0 Å². The van der Waals surface area contributed by atoms with Gasteiger partial charge in [-0.1, -0.05) is 176 Å². The van der Waals surface area contributed by atoms with Gasteiger partial charge in [-0.2, -0.15) is 30.7 Å². The molecule has 0 amide bonds. The van der Waals surface area contributed by atoms with Crippen LogP contribution >= 0.6 is 14.3 Å². The number of pyridine rings is 1. The molecular weight excluding hydrogens is 1080 g/mol. The number of allylic oxidation sites excluding steroid dienone is 1. The van der Waals surface area contributed by atoms with Crippen LogP contribution in [-0.4, -0.2) is 33.5 Å². The molecule has 7 nitrogen and oxygen atoms in total. The van der Waals surface area contributed by atoms with Crippen molar-refractivity contribution in [2.45, 2.75) is 24.9 Å². The van der Waals surface area contributed by atoms with Gasteiger partial charge in [-0.05, 0) is 36.5 Å². The number of benzene rings is 7. The topological polar surface area (TPSA) is 103 Å². The molecule has 1 radical (unpaired) electrons. The van der Waals surface area contributed by atoms with Gasteiger partial charge in [0.2, 0.25) is 5.78 Å². The summed E-state index contributed by atoms with van der Waals surface area (Å²) >= 11 is 0. The summed E-state index contributed by atoms with van der Waals surface area (Å²) in [6, 6.07) is 57.4. The molecule has 0 fully saturated rings. The van der Waals surface area contributed by atoms with Crippen molar-refractivity contribution in [3.05, 3.63) is 222 Å². The van der Waals surface area contributed by atoms with Crippen molar-refractivity contribution in [2.24, 2.45) is 0 Å². The maximum Gasteiger partial charge on any atom is 0.460 e. The molecule has 17 heteroatoms. The monoisotopic (exact) mass is 1120 g/mol. The zero-order chi connectivity index (χ0) is 49.1. The third-order valence-corrected chi connectivity index (χ3v) is 17.1. The average Bonchev–Trinajstić information content (AvgIpc) is 3.35. The van der Waals surface area contributed by atoms with E-state index in [4.69, 9.17) is 4.74 Å². The van der Waals surface area contributed by atoms with E-state index in [1.165, 1.54) is 36.4 Å². The molecule has 0 saturated heterocycles. The third-order valence-electron chi connectivity index (χ3n) is 10.9. The van der Waals surface area contributed by atoms with Crippen LogP contribution in [0.15, 0.2) is 211 Å². The number of para-hydroxylation sites is 3. The maximum atomic E-state index is 14.1. The number of carbonyl (C=O) groups is 1. The zero-order valence-electron chi connectivity index (χ0n) is 36.0. The zero-order valence-corrected chi connectivity index (χ0v) is 40.3. The van der Waals surface area contributed by atoms with E-state index in [9.17, 15) is 54.6 Å². The molecule has 7 aromatic carbocycles. The predicted octanol–water partition coefficient (Wildman–Crippen LogP) is 11.7. The van der Waals surface area contributed by atoms with Gasteiger partial charge >= 0.3 is 18.0 Å². The number of carbonyl (C=O) groups excluding carboxylic acids is 1. The minimum atomic E-state index is -6.80. The molecule has 1 aliphatic heterocycles. The predicted molar refractivity (Wildman–Crippen MR) is 252 cm³/mol. The largest absolute Gasteiger partial charge is 0.506 e. The molecule has 0 spiro atoms. The first-order valence-electron chi connectivity index (χ1n) is 20.5. The maximum absolute atomic E-state index is 14.1. The molecule has 0 unspecified atom stereocenters. The Kier molecular flexibility index (Phi) is 16.1. The molecule has 1 aromatic heterocycles. The number of halogens is 7. The molecule has 1 N–H and O–H groups in total. The SMILES string of the molecule is C=C(C)P(=O)(c1ccccc1)c1ccccc1.O=C(c1c(O)c2cccc3c2n(c1=O)-c1ccccc1O3)C(F)(F)C(F)(F)C(F)(F)F.O=P(c1ccccc1)(c1ccccc1)c1ccccc1.[Eu]. The molecule has 8 aromatic rings. The Morgan fingerprint density at radius 1 is 0.565 bits per heavy atom. The number of rotatable bonds is 9. The van der Waals surface area contributed by atoms with E-state index >= 15 is 0 Å². The van der Waals surface area contributed by atoms with Gasteiger partial charge < -0.3 is 19.0 Å². The Labute approximate surface area is 432 Å². The van der Waals surface area contributed by atoms with Crippen LogP contribution in [0.25, 0.3) is 16.6 Å². The minimum absolute atomic E-state index is 0. The minimum Gasteiger partial charge on any atom is -0.506 e. The molecule has 2 heterocycles. The number of alkyl halides is 7. The van der Waals surface area contributed by atoms with E-state index in [1.54, 1.807) is 0 Å². The number of hydrogen-bond donors (Lipinski definition) is 1. The van der Waals surface area contributed by atoms with E-state index in [0.29, 0.717) is 4.57 Å². The Morgan fingerprint density at radius 3 is 1.35 bits per heavy atom. The summed E-state index contributed by atoms with van der Waals surface area (Å²) in [4.78, 5) is 25.1. The Morgan fingerprint density at radius 2 is 0.942 bits per heavy atom. The van der Waals surface area contributed by atoms with Crippen LogP contribution in [0.1, 0.15) is 17.3 Å². The fraction of sp³-hybridized carbons (Fsp3) is 0.0769. The van der Waals surface area contributed by atoms with Crippen LogP contribution in [0.4, 0.5) is 30.7 Å². The van der Waals surface area contributed by atoms with E-state index in [2.05, 4.69) is 6.58 Å². The number of aromatic hydroxyl groups is 1.